The largest absolute Gasteiger partial charge is 0.477 e. The minimum atomic E-state index is -0.885. The van der Waals surface area contributed by atoms with E-state index in [0.29, 0.717) is 19.3 Å². The van der Waals surface area contributed by atoms with Gasteiger partial charge >= 0.3 is 17.9 Å². The van der Waals surface area contributed by atoms with Crippen LogP contribution in [0.4, 0.5) is 0 Å². The van der Waals surface area contributed by atoms with E-state index in [2.05, 4.69) is 26.0 Å². The molecule has 0 spiro atoms. The molecule has 0 aliphatic carbocycles. The zero-order chi connectivity index (χ0) is 35.7. The summed E-state index contributed by atoms with van der Waals surface area (Å²) in [6.07, 6.45) is 35.5. The third kappa shape index (κ3) is 29.2. The number of hydrogen-bond donors (Lipinski definition) is 1. The van der Waals surface area contributed by atoms with Crippen LogP contribution in [-0.4, -0.2) is 80.6 Å². The monoisotopic (exact) mass is 674 g/mol. The van der Waals surface area contributed by atoms with Crippen LogP contribution in [0.15, 0.2) is 60.8 Å². The Morgan fingerprint density at radius 1 is 0.646 bits per heavy atom. The van der Waals surface area contributed by atoms with Crippen molar-refractivity contribution in [3.05, 3.63) is 60.8 Å². The van der Waals surface area contributed by atoms with Crippen molar-refractivity contribution in [3.63, 3.8) is 0 Å². The Kier molecular flexibility index (Phi) is 29.4. The van der Waals surface area contributed by atoms with E-state index in [-0.39, 0.29) is 36.2 Å². The number of unbranched alkanes of at least 4 members (excludes halogenated alkanes) is 11. The molecule has 1 N–H and O–H groups in total. The van der Waals surface area contributed by atoms with Gasteiger partial charge in [-0.3, -0.25) is 9.59 Å². The number of carboxylic acids is 1. The molecule has 0 aromatic rings. The molecule has 0 bridgehead atoms. The molecule has 2 unspecified atom stereocenters. The van der Waals surface area contributed by atoms with Crippen molar-refractivity contribution in [3.8, 4) is 0 Å². The number of nitrogens with zero attached hydrogens (tertiary/aromatic N) is 1. The molecule has 0 aromatic carbocycles. The lowest BCUT2D eigenvalue weighted by atomic mass is 10.1. The fourth-order valence-electron chi connectivity index (χ4n) is 4.93. The quantitative estimate of drug-likeness (QED) is 0.0339. The zero-order valence-electron chi connectivity index (χ0n) is 30.9. The number of ether oxygens (including phenoxy) is 3. The summed E-state index contributed by atoms with van der Waals surface area (Å²) in [6.45, 7) is 4.49. The summed E-state index contributed by atoms with van der Waals surface area (Å²) in [5.41, 5.74) is 0. The summed E-state index contributed by atoms with van der Waals surface area (Å²) >= 11 is 0. The second kappa shape index (κ2) is 31.3. The van der Waals surface area contributed by atoms with Crippen molar-refractivity contribution in [2.45, 2.75) is 135 Å². The van der Waals surface area contributed by atoms with E-state index in [1.165, 1.54) is 38.5 Å². The molecular weight excluding hydrogens is 606 g/mol. The molecule has 0 fully saturated rings. The van der Waals surface area contributed by atoms with E-state index in [4.69, 9.17) is 14.2 Å². The highest BCUT2D eigenvalue weighted by Crippen LogP contribution is 2.13. The third-order valence-corrected chi connectivity index (χ3v) is 7.81. The van der Waals surface area contributed by atoms with E-state index in [9.17, 15) is 19.5 Å². The van der Waals surface area contributed by atoms with Gasteiger partial charge < -0.3 is 23.8 Å². The van der Waals surface area contributed by atoms with Gasteiger partial charge in [0.2, 0.25) is 0 Å². The highest BCUT2D eigenvalue weighted by Gasteiger charge is 2.31. The van der Waals surface area contributed by atoms with Gasteiger partial charge in [-0.05, 0) is 32.1 Å². The molecule has 274 valence electrons. The number of quaternary nitrogens is 1. The van der Waals surface area contributed by atoms with Gasteiger partial charge in [0.25, 0.3) is 0 Å². The first kappa shape index (κ1) is 45.0. The van der Waals surface area contributed by atoms with Crippen molar-refractivity contribution in [1.29, 1.82) is 0 Å². The first-order valence-corrected chi connectivity index (χ1v) is 18.4. The van der Waals surface area contributed by atoms with Crippen molar-refractivity contribution in [2.75, 3.05) is 41.0 Å². The maximum Gasteiger partial charge on any atom is 0.362 e. The fourth-order valence-corrected chi connectivity index (χ4v) is 4.93. The summed E-state index contributed by atoms with van der Waals surface area (Å²) in [6, 6.07) is -0.620. The molecule has 0 amide bonds. The molecule has 0 heterocycles. The summed E-state index contributed by atoms with van der Waals surface area (Å²) in [7, 11) is 5.49. The Morgan fingerprint density at radius 2 is 1.17 bits per heavy atom. The Morgan fingerprint density at radius 3 is 1.73 bits per heavy atom. The summed E-state index contributed by atoms with van der Waals surface area (Å²) in [4.78, 5) is 36.7. The highest BCUT2D eigenvalue weighted by molar-refractivity contribution is 5.72. The number of aliphatic carboxylic acids is 1. The minimum Gasteiger partial charge on any atom is -0.477 e. The Labute approximate surface area is 292 Å². The molecule has 0 radical (unpaired) electrons. The van der Waals surface area contributed by atoms with Gasteiger partial charge in [-0.2, -0.15) is 0 Å². The minimum absolute atomic E-state index is 0.0455. The Bertz CT molecular complexity index is 975. The molecule has 8 nitrogen and oxygen atoms in total. The maximum absolute atomic E-state index is 12.6. The topological polar surface area (TPSA) is 99.1 Å². The number of allylic oxidation sites excluding steroid dienone is 10. The summed E-state index contributed by atoms with van der Waals surface area (Å²) in [5.74, 6) is -1.53. The number of hydrogen-bond acceptors (Lipinski definition) is 6. The van der Waals surface area contributed by atoms with Crippen LogP contribution >= 0.6 is 0 Å². The van der Waals surface area contributed by atoms with Gasteiger partial charge in [0.15, 0.2) is 12.1 Å². The zero-order valence-corrected chi connectivity index (χ0v) is 30.9. The fraction of sp³-hybridized carbons (Fsp3) is 0.675. The Hall–Kier alpha value is -2.97. The van der Waals surface area contributed by atoms with E-state index in [1.54, 1.807) is 0 Å². The van der Waals surface area contributed by atoms with E-state index in [0.717, 1.165) is 51.4 Å². The van der Waals surface area contributed by atoms with Crippen LogP contribution in [0, 0.1) is 0 Å². The predicted molar refractivity (Wildman–Crippen MR) is 197 cm³/mol. The average Bonchev–Trinajstić information content (AvgIpc) is 3.03. The summed E-state index contributed by atoms with van der Waals surface area (Å²) in [5, 5.41) is 9.56. The normalized spacial score (nSPS) is 13.8. The van der Waals surface area contributed by atoms with E-state index < -0.39 is 18.1 Å². The van der Waals surface area contributed by atoms with Crippen molar-refractivity contribution >= 4 is 17.9 Å². The van der Waals surface area contributed by atoms with Gasteiger partial charge in [-0.1, -0.05) is 132 Å². The first-order chi connectivity index (χ1) is 23.1. The molecule has 2 atom stereocenters. The number of carboxylic acid groups (broad SMARTS) is 1. The maximum atomic E-state index is 12.6. The van der Waals surface area contributed by atoms with Crippen LogP contribution in [0.3, 0.4) is 0 Å². The molecule has 0 rings (SSSR count). The second-order valence-corrected chi connectivity index (χ2v) is 13.2. The molecule has 0 aromatic heterocycles. The van der Waals surface area contributed by atoms with E-state index >= 15 is 0 Å². The predicted octanol–water partition coefficient (Wildman–Crippen LogP) is 9.07. The SMILES string of the molecule is CC/C=C/C=C/C=C/C=C/C=C/CCCCCC(=O)OCC(COCCC(C(=O)O)[N+](C)(C)C)OC(=O)CCCCCCCCCCC. The number of esters is 2. The number of carbonyl (C=O) groups is 3. The highest BCUT2D eigenvalue weighted by atomic mass is 16.6. The first-order valence-electron chi connectivity index (χ1n) is 18.4. The third-order valence-electron chi connectivity index (χ3n) is 7.81. The molecule has 0 aliphatic heterocycles. The molecular formula is C40H68NO7+. The lowest BCUT2D eigenvalue weighted by Crippen LogP contribution is -2.50. The van der Waals surface area contributed by atoms with Gasteiger partial charge in [-0.25, -0.2) is 4.79 Å². The number of carbonyl (C=O) groups excluding carboxylic acids is 2. The van der Waals surface area contributed by atoms with Gasteiger partial charge in [0.1, 0.15) is 6.61 Å². The lowest BCUT2D eigenvalue weighted by molar-refractivity contribution is -0.887. The van der Waals surface area contributed by atoms with Crippen LogP contribution in [-0.2, 0) is 28.6 Å². The van der Waals surface area contributed by atoms with Crippen LogP contribution in [0.5, 0.6) is 0 Å². The smallest absolute Gasteiger partial charge is 0.362 e. The van der Waals surface area contributed by atoms with Crippen LogP contribution in [0.1, 0.15) is 123 Å². The summed E-state index contributed by atoms with van der Waals surface area (Å²) < 4.78 is 17.1. The standard InChI is InChI=1S/C40H67NO7/c1-6-8-10-12-14-16-17-18-19-20-21-23-24-26-28-30-38(42)47-35-36(34-46-33-32-37(40(44)45)41(3,4)5)48-39(43)31-29-27-25-22-15-13-11-9-7-2/h8,10,12,14,16-21,36-37H,6-7,9,11,13,15,22-35H2,1-5H3/p+1/b10-8+,14-12+,17-16+,19-18+,21-20+. The van der Waals surface area contributed by atoms with Crippen molar-refractivity contribution in [1.82, 2.24) is 0 Å². The van der Waals surface area contributed by atoms with Crippen LogP contribution in [0.2, 0.25) is 0 Å². The van der Waals surface area contributed by atoms with E-state index in [1.807, 2.05) is 69.8 Å². The van der Waals surface area contributed by atoms with Crippen molar-refractivity contribution in [2.24, 2.45) is 0 Å². The average molecular weight is 675 g/mol. The van der Waals surface area contributed by atoms with Gasteiger partial charge in [-0.15, -0.1) is 0 Å². The molecule has 48 heavy (non-hydrogen) atoms. The van der Waals surface area contributed by atoms with Crippen LogP contribution < -0.4 is 0 Å². The van der Waals surface area contributed by atoms with Gasteiger partial charge in [0, 0.05) is 19.3 Å². The number of likely N-dealkylation sites (N-methyl/N-ethyl adjacent to an activating group) is 1. The number of rotatable bonds is 31. The molecule has 0 aliphatic rings. The Balaban J connectivity index is 4.52. The van der Waals surface area contributed by atoms with Gasteiger partial charge in [0.05, 0.1) is 34.4 Å². The van der Waals surface area contributed by atoms with Crippen molar-refractivity contribution < 1.29 is 38.2 Å². The molecule has 0 saturated heterocycles. The second-order valence-electron chi connectivity index (χ2n) is 13.2. The molecule has 8 heteroatoms. The lowest BCUT2D eigenvalue weighted by Gasteiger charge is -2.31. The molecule has 0 saturated carbocycles. The van der Waals surface area contributed by atoms with Crippen LogP contribution in [0.25, 0.3) is 0 Å².